The van der Waals surface area contributed by atoms with Crippen LogP contribution in [0.1, 0.15) is 53.9 Å². The van der Waals surface area contributed by atoms with Gasteiger partial charge in [-0.15, -0.1) is 11.8 Å². The summed E-state index contributed by atoms with van der Waals surface area (Å²) in [6, 6.07) is 30.6. The van der Waals surface area contributed by atoms with E-state index in [2.05, 4.69) is 78.5 Å². The van der Waals surface area contributed by atoms with Gasteiger partial charge in [-0.1, -0.05) is 62.4 Å². The van der Waals surface area contributed by atoms with Crippen LogP contribution in [-0.4, -0.2) is 31.5 Å². The van der Waals surface area contributed by atoms with E-state index in [0.29, 0.717) is 12.5 Å². The van der Waals surface area contributed by atoms with Crippen molar-refractivity contribution >= 4 is 23.5 Å². The number of benzene rings is 3. The molecule has 0 bridgehead atoms. The summed E-state index contributed by atoms with van der Waals surface area (Å²) in [4.78, 5) is 17.2. The Morgan fingerprint density at radius 1 is 0.975 bits per heavy atom. The zero-order valence-corrected chi connectivity index (χ0v) is 24.0. The molecule has 0 saturated heterocycles. The van der Waals surface area contributed by atoms with Crippen LogP contribution in [0.3, 0.4) is 0 Å². The van der Waals surface area contributed by atoms with Gasteiger partial charge >= 0.3 is 6.03 Å². The number of hydrogen-bond acceptors (Lipinski definition) is 3. The number of aryl methyl sites for hydroxylation is 1. The molecule has 3 heterocycles. The summed E-state index contributed by atoms with van der Waals surface area (Å²) in [5, 5.41) is 8.14. The number of hydrogen-bond donors (Lipinski definition) is 1. The fourth-order valence-corrected chi connectivity index (χ4v) is 5.92. The zero-order chi connectivity index (χ0) is 27.8. The molecule has 6 nitrogen and oxygen atoms in total. The van der Waals surface area contributed by atoms with Crippen molar-refractivity contribution in [2.24, 2.45) is 0 Å². The molecular formula is C33H33N5OS. The topological polar surface area (TPSA) is 55.1 Å². The Balaban J connectivity index is 1.51. The first-order valence-corrected chi connectivity index (χ1v) is 14.8. The van der Waals surface area contributed by atoms with Gasteiger partial charge in [0.1, 0.15) is 5.82 Å². The molecule has 1 aliphatic rings. The lowest BCUT2D eigenvalue weighted by Gasteiger charge is -2.31. The van der Waals surface area contributed by atoms with Crippen molar-refractivity contribution in [1.82, 2.24) is 19.2 Å². The van der Waals surface area contributed by atoms with Crippen molar-refractivity contribution in [2.75, 3.05) is 11.6 Å². The molecule has 6 rings (SSSR count). The van der Waals surface area contributed by atoms with Crippen LogP contribution in [0.15, 0.2) is 102 Å². The summed E-state index contributed by atoms with van der Waals surface area (Å²) < 4.78 is 4.20. The van der Waals surface area contributed by atoms with Crippen LogP contribution in [-0.2, 0) is 6.54 Å². The number of rotatable bonds is 5. The number of urea groups is 1. The van der Waals surface area contributed by atoms with Gasteiger partial charge in [-0.3, -0.25) is 0 Å². The normalized spacial score (nSPS) is 14.5. The average molecular weight is 548 g/mol. The van der Waals surface area contributed by atoms with E-state index in [-0.39, 0.29) is 12.1 Å². The first-order valence-electron chi connectivity index (χ1n) is 13.6. The number of amides is 2. The smallest absolute Gasteiger partial charge is 0.308 e. The minimum atomic E-state index is -0.295. The first-order chi connectivity index (χ1) is 19.4. The van der Waals surface area contributed by atoms with Crippen molar-refractivity contribution in [3.8, 4) is 11.5 Å². The maximum atomic E-state index is 14.2. The zero-order valence-electron chi connectivity index (χ0n) is 23.2. The van der Waals surface area contributed by atoms with Gasteiger partial charge in [0.05, 0.1) is 29.7 Å². The van der Waals surface area contributed by atoms with E-state index in [4.69, 9.17) is 5.10 Å². The maximum Gasteiger partial charge on any atom is 0.322 e. The van der Waals surface area contributed by atoms with E-state index in [0.717, 1.165) is 44.6 Å². The number of anilines is 1. The van der Waals surface area contributed by atoms with Gasteiger partial charge < -0.3 is 14.8 Å². The predicted molar refractivity (Wildman–Crippen MR) is 163 cm³/mol. The van der Waals surface area contributed by atoms with Crippen LogP contribution in [0, 0.1) is 6.92 Å². The number of nitrogens with one attached hydrogen (secondary N) is 1. The summed E-state index contributed by atoms with van der Waals surface area (Å²) in [5.41, 5.74) is 7.04. The van der Waals surface area contributed by atoms with E-state index in [9.17, 15) is 4.79 Å². The minimum Gasteiger partial charge on any atom is -0.308 e. The quantitative estimate of drug-likeness (QED) is 0.227. The Bertz CT molecular complexity index is 1650. The Kier molecular flexibility index (Phi) is 6.98. The average Bonchev–Trinajstić information content (AvgIpc) is 3.54. The number of thioether (sulfide) groups is 1. The highest BCUT2D eigenvalue weighted by atomic mass is 32.2. The highest BCUT2D eigenvalue weighted by Crippen LogP contribution is 2.39. The molecule has 202 valence electrons. The van der Waals surface area contributed by atoms with Crippen molar-refractivity contribution < 1.29 is 4.79 Å². The fourth-order valence-electron chi connectivity index (χ4n) is 5.46. The summed E-state index contributed by atoms with van der Waals surface area (Å²) in [6.45, 7) is 6.84. The lowest BCUT2D eigenvalue weighted by atomic mass is 9.97. The lowest BCUT2D eigenvalue weighted by Crippen LogP contribution is -2.38. The van der Waals surface area contributed by atoms with Crippen LogP contribution in [0.4, 0.5) is 10.5 Å². The first kappa shape index (κ1) is 26.0. The van der Waals surface area contributed by atoms with Crippen LogP contribution in [0.5, 0.6) is 0 Å². The van der Waals surface area contributed by atoms with Gasteiger partial charge in [0.25, 0.3) is 0 Å². The van der Waals surface area contributed by atoms with Crippen molar-refractivity contribution in [2.45, 2.75) is 44.2 Å². The summed E-state index contributed by atoms with van der Waals surface area (Å²) >= 11 is 1.66. The Hall–Kier alpha value is -4.23. The van der Waals surface area contributed by atoms with E-state index in [1.54, 1.807) is 11.8 Å². The monoisotopic (exact) mass is 547 g/mol. The molecule has 7 heteroatoms. The highest BCUT2D eigenvalue weighted by Gasteiger charge is 2.36. The second kappa shape index (κ2) is 10.7. The summed E-state index contributed by atoms with van der Waals surface area (Å²) in [6.07, 6.45) is 4.11. The molecule has 0 unspecified atom stereocenters. The molecule has 0 aliphatic carbocycles. The predicted octanol–water partition coefficient (Wildman–Crippen LogP) is 7.95. The fraction of sp³-hybridized carbons (Fsp3) is 0.212. The minimum absolute atomic E-state index is 0.149. The maximum absolute atomic E-state index is 14.2. The van der Waals surface area contributed by atoms with Gasteiger partial charge in [-0.25, -0.2) is 9.48 Å². The van der Waals surface area contributed by atoms with Gasteiger partial charge in [-0.05, 0) is 72.7 Å². The Morgan fingerprint density at radius 3 is 2.48 bits per heavy atom. The van der Waals surface area contributed by atoms with Crippen molar-refractivity contribution in [3.63, 3.8) is 0 Å². The molecule has 2 amide bonds. The van der Waals surface area contributed by atoms with Crippen LogP contribution >= 0.6 is 11.8 Å². The number of nitrogens with zero attached hydrogens (tertiary/aromatic N) is 4. The molecule has 0 spiro atoms. The molecule has 40 heavy (non-hydrogen) atoms. The number of carbonyl (C=O) groups excluding carboxylic acids is 1. The number of fused-ring (bicyclic) bond motifs is 3. The molecule has 5 aromatic rings. The summed E-state index contributed by atoms with van der Waals surface area (Å²) in [7, 11) is 0. The van der Waals surface area contributed by atoms with E-state index < -0.39 is 0 Å². The molecule has 1 aliphatic heterocycles. The standard InChI is InChI=1S/C33H33N5OS/c1-22(2)24-15-17-25(18-16-24)31-30-14-9-19-36(30)32-29(23(3)35-38(32)27-11-6-5-7-12-27)21-37(31)33(39)34-26-10-8-13-28(20-26)40-4/h5-20,22,31H,21H2,1-4H3,(H,34,39)/t31-/m0/s1. The second-order valence-corrected chi connectivity index (χ2v) is 11.3. The van der Waals surface area contributed by atoms with Crippen molar-refractivity contribution in [1.29, 1.82) is 0 Å². The Labute approximate surface area is 239 Å². The second-order valence-electron chi connectivity index (χ2n) is 10.5. The third kappa shape index (κ3) is 4.71. The van der Waals surface area contributed by atoms with E-state index >= 15 is 0 Å². The molecule has 0 fully saturated rings. The lowest BCUT2D eigenvalue weighted by molar-refractivity contribution is 0.194. The SMILES string of the molecule is CSc1cccc(NC(=O)N2Cc3c(C)nn(-c4ccccc4)c3-n3cccc3[C@@H]2c2ccc(C(C)C)cc2)c1. The number of aromatic nitrogens is 3. The van der Waals surface area contributed by atoms with Crippen LogP contribution in [0.25, 0.3) is 11.5 Å². The molecular weight excluding hydrogens is 514 g/mol. The van der Waals surface area contributed by atoms with E-state index in [1.165, 1.54) is 5.56 Å². The van der Waals surface area contributed by atoms with Crippen LogP contribution < -0.4 is 5.32 Å². The number of para-hydroxylation sites is 1. The Morgan fingerprint density at radius 2 is 1.75 bits per heavy atom. The number of carbonyl (C=O) groups is 1. The summed E-state index contributed by atoms with van der Waals surface area (Å²) in [5.74, 6) is 1.39. The van der Waals surface area contributed by atoms with Gasteiger partial charge in [-0.2, -0.15) is 5.10 Å². The van der Waals surface area contributed by atoms with Crippen molar-refractivity contribution in [3.05, 3.63) is 125 Å². The molecule has 2 aromatic heterocycles. The highest BCUT2D eigenvalue weighted by molar-refractivity contribution is 7.98. The third-order valence-corrected chi connectivity index (χ3v) is 8.31. The molecule has 0 radical (unpaired) electrons. The van der Waals surface area contributed by atoms with E-state index in [1.807, 2.05) is 65.2 Å². The van der Waals surface area contributed by atoms with Crippen LogP contribution in [0.2, 0.25) is 0 Å². The molecule has 1 atom stereocenters. The van der Waals surface area contributed by atoms with Gasteiger partial charge in [0.2, 0.25) is 0 Å². The largest absolute Gasteiger partial charge is 0.322 e. The third-order valence-electron chi connectivity index (χ3n) is 7.59. The van der Waals surface area contributed by atoms with Gasteiger partial charge in [0, 0.05) is 22.3 Å². The molecule has 3 aromatic carbocycles. The molecule has 1 N–H and O–H groups in total. The van der Waals surface area contributed by atoms with Gasteiger partial charge in [0.15, 0.2) is 0 Å². The molecule has 0 saturated carbocycles.